The lowest BCUT2D eigenvalue weighted by atomic mass is 10.1. The van der Waals surface area contributed by atoms with E-state index in [-0.39, 0.29) is 22.7 Å². The highest BCUT2D eigenvalue weighted by Gasteiger charge is 2.19. The van der Waals surface area contributed by atoms with Gasteiger partial charge in [-0.2, -0.15) is 5.26 Å². The molecule has 118 valence electrons. The maximum Gasteiger partial charge on any atom is 0.338 e. The van der Waals surface area contributed by atoms with Crippen LogP contribution in [0.2, 0.25) is 0 Å². The Bertz CT molecular complexity index is 760. The minimum atomic E-state index is -0.724. The molecule has 0 radical (unpaired) electrons. The van der Waals surface area contributed by atoms with E-state index in [9.17, 15) is 14.4 Å². The number of nitriles is 1. The van der Waals surface area contributed by atoms with Crippen molar-refractivity contribution < 1.29 is 19.1 Å². The normalized spacial score (nSPS) is 14.0. The quantitative estimate of drug-likeness (QED) is 0.483. The first-order valence-electron chi connectivity index (χ1n) is 6.56. The van der Waals surface area contributed by atoms with Crippen molar-refractivity contribution in [3.05, 3.63) is 35.0 Å². The van der Waals surface area contributed by atoms with Crippen LogP contribution in [0, 0.1) is 11.3 Å². The van der Waals surface area contributed by atoms with Crippen LogP contribution >= 0.6 is 11.8 Å². The standard InChI is InChI=1S/C15H13N3O4S/c1-8(17)10(5-16)12(19)6-22-15(21)9-2-3-13-11(4-9)18-14(20)7-23-13/h2-4H,6-7,17H2,1H3,(H,18,20)/b10-8+. The minimum absolute atomic E-state index is 0.0714. The van der Waals surface area contributed by atoms with Crippen molar-refractivity contribution in [2.45, 2.75) is 11.8 Å². The number of nitrogens with zero attached hydrogens (tertiary/aromatic N) is 1. The van der Waals surface area contributed by atoms with Crippen LogP contribution < -0.4 is 11.1 Å². The van der Waals surface area contributed by atoms with Crippen LogP contribution in [0.15, 0.2) is 34.4 Å². The van der Waals surface area contributed by atoms with Gasteiger partial charge in [0.15, 0.2) is 6.61 Å². The van der Waals surface area contributed by atoms with Crippen LogP contribution in [-0.2, 0) is 14.3 Å². The SMILES string of the molecule is C/C(N)=C(/C#N)C(=O)COC(=O)c1ccc2c(c1)NC(=O)CS2. The molecule has 1 heterocycles. The Morgan fingerprint density at radius 2 is 2.22 bits per heavy atom. The molecule has 0 bridgehead atoms. The molecule has 0 atom stereocenters. The van der Waals surface area contributed by atoms with Gasteiger partial charge in [-0.3, -0.25) is 9.59 Å². The lowest BCUT2D eigenvalue weighted by molar-refractivity contribution is -0.118. The molecule has 0 saturated carbocycles. The van der Waals surface area contributed by atoms with E-state index in [0.29, 0.717) is 11.4 Å². The fourth-order valence-electron chi connectivity index (χ4n) is 1.87. The summed E-state index contributed by atoms with van der Waals surface area (Å²) in [5, 5.41) is 11.5. The molecule has 7 nitrogen and oxygen atoms in total. The Kier molecular flexibility index (Phi) is 5.03. The van der Waals surface area contributed by atoms with Crippen LogP contribution in [0.4, 0.5) is 5.69 Å². The van der Waals surface area contributed by atoms with E-state index in [1.165, 1.54) is 24.8 Å². The number of Topliss-reactive ketones (excluding diaryl/α,β-unsaturated/α-hetero) is 1. The Balaban J connectivity index is 2.06. The summed E-state index contributed by atoms with van der Waals surface area (Å²) in [6, 6.07) is 6.41. The average molecular weight is 331 g/mol. The van der Waals surface area contributed by atoms with E-state index in [4.69, 9.17) is 15.7 Å². The molecule has 0 fully saturated rings. The average Bonchev–Trinajstić information content (AvgIpc) is 2.52. The topological polar surface area (TPSA) is 122 Å². The van der Waals surface area contributed by atoms with Gasteiger partial charge in [0, 0.05) is 10.6 Å². The molecule has 8 heteroatoms. The molecular formula is C15H13N3O4S. The van der Waals surface area contributed by atoms with Crippen molar-refractivity contribution in [1.29, 1.82) is 5.26 Å². The van der Waals surface area contributed by atoms with E-state index >= 15 is 0 Å². The number of carbonyl (C=O) groups is 3. The van der Waals surface area contributed by atoms with E-state index < -0.39 is 18.4 Å². The molecule has 1 aromatic rings. The van der Waals surface area contributed by atoms with Crippen LogP contribution in [0.5, 0.6) is 0 Å². The number of ether oxygens (including phenoxy) is 1. The van der Waals surface area contributed by atoms with Gasteiger partial charge in [-0.25, -0.2) is 4.79 Å². The van der Waals surface area contributed by atoms with E-state index in [1.807, 2.05) is 0 Å². The zero-order valence-electron chi connectivity index (χ0n) is 12.2. The summed E-state index contributed by atoms with van der Waals surface area (Å²) < 4.78 is 4.89. The molecule has 0 aromatic heterocycles. The maximum atomic E-state index is 12.0. The Hall–Kier alpha value is -2.79. The van der Waals surface area contributed by atoms with Gasteiger partial charge in [-0.1, -0.05) is 0 Å². The van der Waals surface area contributed by atoms with Crippen LogP contribution in [0.1, 0.15) is 17.3 Å². The number of hydrogen-bond acceptors (Lipinski definition) is 7. The highest BCUT2D eigenvalue weighted by Crippen LogP contribution is 2.32. The number of thioether (sulfide) groups is 1. The molecule has 0 saturated heterocycles. The molecule has 1 aromatic carbocycles. The second kappa shape index (κ2) is 6.98. The molecule has 1 amide bonds. The number of rotatable bonds is 4. The summed E-state index contributed by atoms with van der Waals surface area (Å²) >= 11 is 1.37. The summed E-state index contributed by atoms with van der Waals surface area (Å²) in [6.07, 6.45) is 0. The highest BCUT2D eigenvalue weighted by molar-refractivity contribution is 8.00. The number of esters is 1. The summed E-state index contributed by atoms with van der Waals surface area (Å²) in [4.78, 5) is 35.9. The fourth-order valence-corrected chi connectivity index (χ4v) is 2.66. The lowest BCUT2D eigenvalue weighted by Crippen LogP contribution is -2.20. The molecule has 0 aliphatic carbocycles. The minimum Gasteiger partial charge on any atom is -0.454 e. The lowest BCUT2D eigenvalue weighted by Gasteiger charge is -2.16. The van der Waals surface area contributed by atoms with Gasteiger partial charge in [-0.15, -0.1) is 11.8 Å². The Morgan fingerprint density at radius 1 is 1.48 bits per heavy atom. The van der Waals surface area contributed by atoms with Gasteiger partial charge in [0.25, 0.3) is 0 Å². The maximum absolute atomic E-state index is 12.0. The Morgan fingerprint density at radius 3 is 2.87 bits per heavy atom. The molecule has 23 heavy (non-hydrogen) atoms. The van der Waals surface area contributed by atoms with Gasteiger partial charge in [-0.05, 0) is 25.1 Å². The molecular weight excluding hydrogens is 318 g/mol. The van der Waals surface area contributed by atoms with Crippen LogP contribution in [0.3, 0.4) is 0 Å². The first-order valence-corrected chi connectivity index (χ1v) is 7.54. The Labute approximate surface area is 136 Å². The number of ketones is 1. The second-order valence-electron chi connectivity index (χ2n) is 4.72. The number of anilines is 1. The van der Waals surface area contributed by atoms with Crippen molar-refractivity contribution >= 4 is 35.1 Å². The third-order valence-corrected chi connectivity index (χ3v) is 4.04. The molecule has 1 aliphatic heterocycles. The third kappa shape index (κ3) is 3.90. The van der Waals surface area contributed by atoms with E-state index in [0.717, 1.165) is 4.90 Å². The number of benzene rings is 1. The number of hydrogen-bond donors (Lipinski definition) is 2. The zero-order valence-corrected chi connectivity index (χ0v) is 13.0. The first-order chi connectivity index (χ1) is 10.9. The predicted octanol–water partition coefficient (Wildman–Crippen LogP) is 1.21. The van der Waals surface area contributed by atoms with E-state index in [1.54, 1.807) is 18.2 Å². The van der Waals surface area contributed by atoms with Gasteiger partial charge in [0.05, 0.1) is 17.0 Å². The van der Waals surface area contributed by atoms with Gasteiger partial charge in [0.2, 0.25) is 11.7 Å². The van der Waals surface area contributed by atoms with Gasteiger partial charge < -0.3 is 15.8 Å². The van der Waals surface area contributed by atoms with Crippen LogP contribution in [-0.4, -0.2) is 30.0 Å². The summed E-state index contributed by atoms with van der Waals surface area (Å²) in [7, 11) is 0. The monoisotopic (exact) mass is 331 g/mol. The second-order valence-corrected chi connectivity index (χ2v) is 5.73. The summed E-state index contributed by atoms with van der Waals surface area (Å²) in [6.45, 7) is 0.844. The summed E-state index contributed by atoms with van der Waals surface area (Å²) in [5.74, 6) is -1.21. The first kappa shape index (κ1) is 16.6. The van der Waals surface area contributed by atoms with Crippen LogP contribution in [0.25, 0.3) is 0 Å². The fraction of sp³-hybridized carbons (Fsp3) is 0.200. The third-order valence-electron chi connectivity index (χ3n) is 2.97. The number of allylic oxidation sites excluding steroid dienone is 1. The van der Waals surface area contributed by atoms with Gasteiger partial charge in [0.1, 0.15) is 11.6 Å². The van der Waals surface area contributed by atoms with Crippen molar-refractivity contribution in [3.63, 3.8) is 0 Å². The van der Waals surface area contributed by atoms with Crippen molar-refractivity contribution in [2.75, 3.05) is 17.7 Å². The molecule has 0 unspecified atom stereocenters. The number of fused-ring (bicyclic) bond motifs is 1. The molecule has 1 aliphatic rings. The van der Waals surface area contributed by atoms with Crippen molar-refractivity contribution in [1.82, 2.24) is 0 Å². The highest BCUT2D eigenvalue weighted by atomic mass is 32.2. The summed E-state index contributed by atoms with van der Waals surface area (Å²) in [5.41, 5.74) is 5.98. The predicted molar refractivity (Wildman–Crippen MR) is 83.6 cm³/mol. The number of amides is 1. The van der Waals surface area contributed by atoms with Crippen molar-refractivity contribution in [2.24, 2.45) is 5.73 Å². The number of nitrogens with one attached hydrogen (secondary N) is 1. The molecule has 3 N–H and O–H groups in total. The smallest absolute Gasteiger partial charge is 0.338 e. The molecule has 2 rings (SSSR count). The molecule has 0 spiro atoms. The number of carbonyl (C=O) groups excluding carboxylic acids is 3. The van der Waals surface area contributed by atoms with Gasteiger partial charge >= 0.3 is 5.97 Å². The zero-order chi connectivity index (χ0) is 17.0. The number of nitrogens with two attached hydrogens (primary N) is 1. The van der Waals surface area contributed by atoms with Crippen molar-refractivity contribution in [3.8, 4) is 6.07 Å². The largest absolute Gasteiger partial charge is 0.454 e. The van der Waals surface area contributed by atoms with E-state index in [2.05, 4.69) is 5.32 Å².